The summed E-state index contributed by atoms with van der Waals surface area (Å²) < 4.78 is 29.7. The summed E-state index contributed by atoms with van der Waals surface area (Å²) in [6, 6.07) is 13.1. The molecule has 2 aromatic carbocycles. The Kier molecular flexibility index (Phi) is 8.89. The molecule has 8 nitrogen and oxygen atoms in total. The highest BCUT2D eigenvalue weighted by Crippen LogP contribution is 2.26. The van der Waals surface area contributed by atoms with Gasteiger partial charge in [0.15, 0.2) is 0 Å². The van der Waals surface area contributed by atoms with Gasteiger partial charge in [-0.3, -0.25) is 9.59 Å². The summed E-state index contributed by atoms with van der Waals surface area (Å²) in [5.41, 5.74) is 1.54. The van der Waals surface area contributed by atoms with Gasteiger partial charge in [-0.25, -0.2) is 8.42 Å². The van der Waals surface area contributed by atoms with Gasteiger partial charge in [-0.05, 0) is 74.3 Å². The minimum atomic E-state index is -4.01. The van der Waals surface area contributed by atoms with E-state index in [9.17, 15) is 18.0 Å². The highest BCUT2D eigenvalue weighted by Gasteiger charge is 2.32. The fraction of sp³-hybridized carbons (Fsp3) is 0.407. The van der Waals surface area contributed by atoms with Gasteiger partial charge in [0.1, 0.15) is 6.04 Å². The van der Waals surface area contributed by atoms with Crippen molar-refractivity contribution in [3.63, 3.8) is 0 Å². The zero-order valence-corrected chi connectivity index (χ0v) is 22.1. The molecule has 1 aromatic heterocycles. The van der Waals surface area contributed by atoms with E-state index in [0.717, 1.165) is 24.8 Å². The first kappa shape index (κ1) is 27.2. The zero-order valence-electron chi connectivity index (χ0n) is 20.5. The molecule has 1 fully saturated rings. The predicted octanol–water partition coefficient (Wildman–Crippen LogP) is 4.59. The smallest absolute Gasteiger partial charge is 0.303 e. The average Bonchev–Trinajstić information content (AvgIpc) is 3.36. The van der Waals surface area contributed by atoms with Gasteiger partial charge in [0.25, 0.3) is 0 Å². The summed E-state index contributed by atoms with van der Waals surface area (Å²) in [5.74, 6) is -0.887. The number of sulfonamides is 1. The van der Waals surface area contributed by atoms with Crippen molar-refractivity contribution in [2.45, 2.75) is 55.9 Å². The molecule has 0 spiro atoms. The number of aliphatic carboxylic acids is 1. The molecule has 1 amide bonds. The first-order chi connectivity index (χ1) is 17.7. The SMILES string of the molecule is O=C(O)CCCC1CCCN(C(=O)C(CCc2ccccc2Cl)NS(=O)(=O)c2cccc3[nH]ccc23)C1. The second-order valence-electron chi connectivity index (χ2n) is 9.58. The number of aryl methyl sites for hydroxylation is 1. The molecule has 1 saturated heterocycles. The van der Waals surface area contributed by atoms with E-state index in [4.69, 9.17) is 16.7 Å². The van der Waals surface area contributed by atoms with E-state index in [1.165, 1.54) is 6.07 Å². The van der Waals surface area contributed by atoms with E-state index in [1.54, 1.807) is 35.4 Å². The highest BCUT2D eigenvalue weighted by atomic mass is 35.5. The predicted molar refractivity (Wildman–Crippen MR) is 143 cm³/mol. The normalized spacial score (nSPS) is 17.1. The maximum atomic E-state index is 13.7. The fourth-order valence-corrected chi connectivity index (χ4v) is 6.71. The van der Waals surface area contributed by atoms with Gasteiger partial charge in [0, 0.05) is 41.6 Å². The standard InChI is InChI=1S/C27H32ClN3O5S/c28-22-9-2-1-8-20(22)13-14-24(27(34)31-17-5-7-19(18-31)6-3-12-26(32)33)30-37(35,36)25-11-4-10-23-21(25)15-16-29-23/h1-2,4,8-11,15-16,19,24,29-30H,3,5-7,12-14,17-18H2,(H,32,33). The number of H-pyrrole nitrogens is 1. The van der Waals surface area contributed by atoms with Crippen molar-refractivity contribution in [2.75, 3.05) is 13.1 Å². The number of nitrogens with zero attached hydrogens (tertiary/aromatic N) is 1. The van der Waals surface area contributed by atoms with Crippen molar-refractivity contribution in [1.29, 1.82) is 0 Å². The van der Waals surface area contributed by atoms with Crippen molar-refractivity contribution in [2.24, 2.45) is 5.92 Å². The Morgan fingerprint density at radius 3 is 2.76 bits per heavy atom. The minimum Gasteiger partial charge on any atom is -0.481 e. The van der Waals surface area contributed by atoms with Crippen LogP contribution in [-0.2, 0) is 26.0 Å². The molecule has 1 aliphatic rings. The maximum absolute atomic E-state index is 13.7. The number of hydrogen-bond donors (Lipinski definition) is 3. The Morgan fingerprint density at radius 2 is 1.97 bits per heavy atom. The third kappa shape index (κ3) is 6.91. The lowest BCUT2D eigenvalue weighted by Gasteiger charge is -2.35. The summed E-state index contributed by atoms with van der Waals surface area (Å²) in [7, 11) is -4.01. The first-order valence-corrected chi connectivity index (χ1v) is 14.4. The van der Waals surface area contributed by atoms with Gasteiger partial charge in [-0.2, -0.15) is 4.72 Å². The van der Waals surface area contributed by atoms with Crippen molar-refractivity contribution in [3.05, 3.63) is 65.3 Å². The largest absolute Gasteiger partial charge is 0.481 e. The van der Waals surface area contributed by atoms with Crippen LogP contribution in [0.1, 0.15) is 44.1 Å². The molecule has 0 saturated carbocycles. The molecule has 1 aliphatic heterocycles. The Labute approximate surface area is 222 Å². The molecule has 0 bridgehead atoms. The number of benzene rings is 2. The number of carboxylic acid groups (broad SMARTS) is 1. The number of carbonyl (C=O) groups excluding carboxylic acids is 1. The lowest BCUT2D eigenvalue weighted by atomic mass is 9.92. The number of hydrogen-bond acceptors (Lipinski definition) is 4. The number of nitrogens with one attached hydrogen (secondary N) is 2. The van der Waals surface area contributed by atoms with Crippen LogP contribution in [0.5, 0.6) is 0 Å². The minimum absolute atomic E-state index is 0.107. The summed E-state index contributed by atoms with van der Waals surface area (Å²) in [6.07, 6.45) is 5.49. The van der Waals surface area contributed by atoms with E-state index >= 15 is 0 Å². The van der Waals surface area contributed by atoms with Crippen molar-refractivity contribution < 1.29 is 23.1 Å². The van der Waals surface area contributed by atoms with Gasteiger partial charge in [-0.15, -0.1) is 0 Å². The molecule has 0 radical (unpaired) electrons. The van der Waals surface area contributed by atoms with E-state index in [1.807, 2.05) is 18.2 Å². The van der Waals surface area contributed by atoms with Crippen LogP contribution in [0.4, 0.5) is 0 Å². The molecule has 3 aromatic rings. The molecule has 2 atom stereocenters. The molecule has 10 heteroatoms. The van der Waals surface area contributed by atoms with Gasteiger partial charge >= 0.3 is 5.97 Å². The second kappa shape index (κ2) is 12.1. The molecule has 2 heterocycles. The quantitative estimate of drug-likeness (QED) is 0.325. The monoisotopic (exact) mass is 545 g/mol. The van der Waals surface area contributed by atoms with E-state index in [0.29, 0.717) is 41.9 Å². The van der Waals surface area contributed by atoms with Crippen molar-refractivity contribution in [1.82, 2.24) is 14.6 Å². The molecule has 0 aliphatic carbocycles. The number of likely N-dealkylation sites (tertiary alicyclic amines) is 1. The Balaban J connectivity index is 1.54. The van der Waals surface area contributed by atoms with Gasteiger partial charge < -0.3 is 15.0 Å². The van der Waals surface area contributed by atoms with Crippen LogP contribution in [0.2, 0.25) is 5.02 Å². The number of fused-ring (bicyclic) bond motifs is 1. The van der Waals surface area contributed by atoms with Crippen LogP contribution in [0, 0.1) is 5.92 Å². The average molecular weight is 546 g/mol. The second-order valence-corrected chi connectivity index (χ2v) is 11.7. The van der Waals surface area contributed by atoms with Crippen LogP contribution >= 0.6 is 11.6 Å². The topological polar surface area (TPSA) is 120 Å². The molecule has 198 valence electrons. The molecular formula is C27H32ClN3O5S. The summed E-state index contributed by atoms with van der Waals surface area (Å²) in [6.45, 7) is 1.04. The Bertz CT molecular complexity index is 1360. The Morgan fingerprint density at radius 1 is 1.16 bits per heavy atom. The third-order valence-electron chi connectivity index (χ3n) is 6.93. The number of piperidine rings is 1. The molecule has 37 heavy (non-hydrogen) atoms. The summed E-state index contributed by atoms with van der Waals surface area (Å²) in [4.78, 5) is 29.5. The lowest BCUT2D eigenvalue weighted by Crippen LogP contribution is -2.51. The van der Waals surface area contributed by atoms with Gasteiger partial charge in [-0.1, -0.05) is 35.9 Å². The number of carbonyl (C=O) groups is 2. The zero-order chi connectivity index (χ0) is 26.4. The number of amides is 1. The Hall–Kier alpha value is -2.88. The molecular weight excluding hydrogens is 514 g/mol. The lowest BCUT2D eigenvalue weighted by molar-refractivity contribution is -0.138. The maximum Gasteiger partial charge on any atom is 0.303 e. The molecule has 4 rings (SSSR count). The van der Waals surface area contributed by atoms with Gasteiger partial charge in [0.05, 0.1) is 4.90 Å². The first-order valence-electron chi connectivity index (χ1n) is 12.6. The highest BCUT2D eigenvalue weighted by molar-refractivity contribution is 7.89. The number of aromatic nitrogens is 1. The number of carboxylic acids is 1. The van der Waals surface area contributed by atoms with Crippen LogP contribution in [-0.4, -0.2) is 54.4 Å². The van der Waals surface area contributed by atoms with E-state index < -0.39 is 22.0 Å². The van der Waals surface area contributed by atoms with Crippen LogP contribution in [0.15, 0.2) is 59.6 Å². The van der Waals surface area contributed by atoms with Crippen LogP contribution in [0.25, 0.3) is 10.9 Å². The van der Waals surface area contributed by atoms with Crippen LogP contribution in [0.3, 0.4) is 0 Å². The number of rotatable bonds is 11. The molecule has 3 N–H and O–H groups in total. The third-order valence-corrected chi connectivity index (χ3v) is 8.83. The van der Waals surface area contributed by atoms with Crippen molar-refractivity contribution in [3.8, 4) is 0 Å². The van der Waals surface area contributed by atoms with Gasteiger partial charge in [0.2, 0.25) is 15.9 Å². The van der Waals surface area contributed by atoms with Crippen LogP contribution < -0.4 is 4.72 Å². The summed E-state index contributed by atoms with van der Waals surface area (Å²) >= 11 is 6.33. The van der Waals surface area contributed by atoms with E-state index in [-0.39, 0.29) is 29.6 Å². The number of aromatic amines is 1. The van der Waals surface area contributed by atoms with E-state index in [2.05, 4.69) is 9.71 Å². The van der Waals surface area contributed by atoms with Crippen molar-refractivity contribution >= 4 is 44.4 Å². The number of halogens is 1. The molecule has 2 unspecified atom stereocenters. The summed E-state index contributed by atoms with van der Waals surface area (Å²) in [5, 5.41) is 10.1. The fourth-order valence-electron chi connectivity index (χ4n) is 5.04.